The Morgan fingerprint density at radius 2 is 2.14 bits per heavy atom. The van der Waals surface area contributed by atoms with Gasteiger partial charge in [-0.2, -0.15) is 0 Å². The lowest BCUT2D eigenvalue weighted by atomic mass is 9.80. The molecule has 0 aromatic heterocycles. The summed E-state index contributed by atoms with van der Waals surface area (Å²) in [6.07, 6.45) is 3.94. The number of hydrogen-bond donors (Lipinski definition) is 0. The van der Waals surface area contributed by atoms with Crippen molar-refractivity contribution in [2.24, 2.45) is 5.92 Å². The second-order valence-corrected chi connectivity index (χ2v) is 3.74. The highest BCUT2D eigenvalue weighted by atomic mass is 16.1. The Labute approximate surface area is 82.9 Å². The van der Waals surface area contributed by atoms with Crippen LogP contribution < -0.4 is 0 Å². The molecule has 0 radical (unpaired) electrons. The second kappa shape index (κ2) is 3.74. The molecule has 0 spiro atoms. The van der Waals surface area contributed by atoms with Gasteiger partial charge in [0.2, 0.25) is 0 Å². The largest absolute Gasteiger partial charge is 0.298 e. The summed E-state index contributed by atoms with van der Waals surface area (Å²) in [6, 6.07) is 6.93. The van der Waals surface area contributed by atoms with E-state index in [4.69, 9.17) is 0 Å². The molecule has 0 heterocycles. The van der Waals surface area contributed by atoms with E-state index in [-0.39, 0.29) is 11.7 Å². The van der Waals surface area contributed by atoms with Crippen molar-refractivity contribution < 1.29 is 9.59 Å². The zero-order valence-electron chi connectivity index (χ0n) is 7.90. The van der Waals surface area contributed by atoms with Crippen LogP contribution in [-0.2, 0) is 0 Å². The van der Waals surface area contributed by atoms with Gasteiger partial charge in [0.25, 0.3) is 0 Å². The normalized spacial score (nSPS) is 16.0. The molecule has 2 nitrogen and oxygen atoms in total. The van der Waals surface area contributed by atoms with Gasteiger partial charge in [0.05, 0.1) is 0 Å². The summed E-state index contributed by atoms with van der Waals surface area (Å²) in [7, 11) is 0. The average Bonchev–Trinajstić information content (AvgIpc) is 2.15. The summed E-state index contributed by atoms with van der Waals surface area (Å²) in [5.74, 6) is 0.400. The maximum absolute atomic E-state index is 11.8. The summed E-state index contributed by atoms with van der Waals surface area (Å²) in [4.78, 5) is 22.3. The third kappa shape index (κ3) is 1.60. The lowest BCUT2D eigenvalue weighted by molar-refractivity contribution is 0.0855. The molecule has 0 atom stereocenters. The first-order chi connectivity index (χ1) is 6.81. The molecule has 2 rings (SSSR count). The Hall–Kier alpha value is -1.44. The molecule has 0 N–H and O–H groups in total. The minimum Gasteiger partial charge on any atom is -0.298 e. The summed E-state index contributed by atoms with van der Waals surface area (Å²) in [5, 5.41) is 0. The zero-order valence-corrected chi connectivity index (χ0v) is 7.90. The van der Waals surface area contributed by atoms with Crippen LogP contribution in [0.3, 0.4) is 0 Å². The monoisotopic (exact) mass is 188 g/mol. The molecule has 0 bridgehead atoms. The van der Waals surface area contributed by atoms with E-state index < -0.39 is 0 Å². The number of carbonyl (C=O) groups excluding carboxylic acids is 2. The van der Waals surface area contributed by atoms with E-state index in [9.17, 15) is 9.59 Å². The maximum atomic E-state index is 11.8. The smallest absolute Gasteiger partial charge is 0.165 e. The first kappa shape index (κ1) is 9.13. The Morgan fingerprint density at radius 1 is 1.36 bits per heavy atom. The van der Waals surface area contributed by atoms with Crippen LogP contribution in [0.25, 0.3) is 0 Å². The van der Waals surface area contributed by atoms with E-state index >= 15 is 0 Å². The van der Waals surface area contributed by atoms with Crippen molar-refractivity contribution in [1.82, 2.24) is 0 Å². The van der Waals surface area contributed by atoms with Crippen LogP contribution in [0, 0.1) is 5.92 Å². The molecule has 2 heteroatoms. The van der Waals surface area contributed by atoms with Crippen molar-refractivity contribution in [3.63, 3.8) is 0 Å². The summed E-state index contributed by atoms with van der Waals surface area (Å²) < 4.78 is 0. The predicted molar refractivity (Wildman–Crippen MR) is 53.5 cm³/mol. The number of benzene rings is 1. The van der Waals surface area contributed by atoms with Crippen molar-refractivity contribution in [3.05, 3.63) is 35.4 Å². The van der Waals surface area contributed by atoms with Gasteiger partial charge in [-0.1, -0.05) is 24.6 Å². The van der Waals surface area contributed by atoms with Crippen LogP contribution in [0.2, 0.25) is 0 Å². The van der Waals surface area contributed by atoms with Crippen LogP contribution in [0.1, 0.15) is 40.0 Å². The van der Waals surface area contributed by atoms with Gasteiger partial charge in [-0.25, -0.2) is 0 Å². The first-order valence-electron chi connectivity index (χ1n) is 4.91. The first-order valence-corrected chi connectivity index (χ1v) is 4.91. The highest BCUT2D eigenvalue weighted by Gasteiger charge is 2.25. The highest BCUT2D eigenvalue weighted by molar-refractivity contribution is 5.99. The van der Waals surface area contributed by atoms with E-state index in [2.05, 4.69) is 0 Å². The Kier molecular flexibility index (Phi) is 2.44. The topological polar surface area (TPSA) is 34.1 Å². The molecule has 1 fully saturated rings. The van der Waals surface area contributed by atoms with E-state index in [1.54, 1.807) is 24.3 Å². The van der Waals surface area contributed by atoms with Gasteiger partial charge in [-0.3, -0.25) is 9.59 Å². The number of carbonyl (C=O) groups is 2. The van der Waals surface area contributed by atoms with Crippen molar-refractivity contribution in [1.29, 1.82) is 0 Å². The van der Waals surface area contributed by atoms with Crippen molar-refractivity contribution in [3.8, 4) is 0 Å². The molecule has 1 saturated carbocycles. The fourth-order valence-electron chi connectivity index (χ4n) is 1.67. The minimum absolute atomic E-state index is 0.194. The van der Waals surface area contributed by atoms with Crippen LogP contribution >= 0.6 is 0 Å². The Bertz CT molecular complexity index is 364. The third-order valence-corrected chi connectivity index (χ3v) is 2.78. The van der Waals surface area contributed by atoms with Gasteiger partial charge in [0.1, 0.15) is 6.29 Å². The quantitative estimate of drug-likeness (QED) is 0.539. The van der Waals surface area contributed by atoms with Gasteiger partial charge in [-0.05, 0) is 18.9 Å². The van der Waals surface area contributed by atoms with Gasteiger partial charge in [0, 0.05) is 17.0 Å². The molecule has 1 aliphatic carbocycles. The SMILES string of the molecule is O=Cc1cccc(C(=O)C2CCC2)c1. The van der Waals surface area contributed by atoms with E-state index in [0.717, 1.165) is 25.5 Å². The Balaban J connectivity index is 2.21. The van der Waals surface area contributed by atoms with Gasteiger partial charge >= 0.3 is 0 Å². The Morgan fingerprint density at radius 3 is 2.71 bits per heavy atom. The van der Waals surface area contributed by atoms with Crippen LogP contribution in [-0.4, -0.2) is 12.1 Å². The van der Waals surface area contributed by atoms with Crippen LogP contribution in [0.15, 0.2) is 24.3 Å². The molecule has 1 aromatic carbocycles. The van der Waals surface area contributed by atoms with Crippen LogP contribution in [0.5, 0.6) is 0 Å². The van der Waals surface area contributed by atoms with E-state index in [0.29, 0.717) is 11.1 Å². The molecule has 0 aliphatic heterocycles. The van der Waals surface area contributed by atoms with E-state index in [1.807, 2.05) is 0 Å². The fraction of sp³-hybridized carbons (Fsp3) is 0.333. The van der Waals surface area contributed by atoms with Crippen molar-refractivity contribution >= 4 is 12.1 Å². The van der Waals surface area contributed by atoms with E-state index in [1.165, 1.54) is 0 Å². The average molecular weight is 188 g/mol. The summed E-state index contributed by atoms with van der Waals surface area (Å²) >= 11 is 0. The predicted octanol–water partition coefficient (Wildman–Crippen LogP) is 2.48. The summed E-state index contributed by atoms with van der Waals surface area (Å²) in [5.41, 5.74) is 1.26. The molecule has 0 saturated heterocycles. The fourth-order valence-corrected chi connectivity index (χ4v) is 1.67. The molecule has 14 heavy (non-hydrogen) atoms. The maximum Gasteiger partial charge on any atom is 0.165 e. The van der Waals surface area contributed by atoms with Crippen molar-refractivity contribution in [2.45, 2.75) is 19.3 Å². The molecule has 72 valence electrons. The van der Waals surface area contributed by atoms with Gasteiger partial charge in [0.15, 0.2) is 5.78 Å². The molecular weight excluding hydrogens is 176 g/mol. The summed E-state index contributed by atoms with van der Waals surface area (Å²) in [6.45, 7) is 0. The van der Waals surface area contributed by atoms with Gasteiger partial charge < -0.3 is 0 Å². The third-order valence-electron chi connectivity index (χ3n) is 2.78. The number of aldehydes is 1. The molecular formula is C12H12O2. The van der Waals surface area contributed by atoms with Gasteiger partial charge in [-0.15, -0.1) is 0 Å². The standard InChI is InChI=1S/C12H12O2/c13-8-9-3-1-6-11(7-9)12(14)10-4-2-5-10/h1,3,6-8,10H,2,4-5H2. The van der Waals surface area contributed by atoms with Crippen LogP contribution in [0.4, 0.5) is 0 Å². The second-order valence-electron chi connectivity index (χ2n) is 3.74. The lowest BCUT2D eigenvalue weighted by Gasteiger charge is -2.23. The molecule has 0 unspecified atom stereocenters. The molecule has 1 aromatic rings. The van der Waals surface area contributed by atoms with Crippen molar-refractivity contribution in [2.75, 3.05) is 0 Å². The minimum atomic E-state index is 0.194. The lowest BCUT2D eigenvalue weighted by Crippen LogP contribution is -2.21. The number of ketones is 1. The number of Topliss-reactive ketones (excluding diaryl/α,β-unsaturated/α-hetero) is 1. The molecule has 1 aliphatic rings. The number of rotatable bonds is 3. The number of hydrogen-bond acceptors (Lipinski definition) is 2. The molecule has 0 amide bonds. The zero-order chi connectivity index (χ0) is 9.97. The highest BCUT2D eigenvalue weighted by Crippen LogP contribution is 2.29.